The van der Waals surface area contributed by atoms with Crippen molar-refractivity contribution in [2.75, 3.05) is 6.54 Å². The molecule has 3 unspecified atom stereocenters. The average Bonchev–Trinajstić information content (AvgIpc) is 2.93. The van der Waals surface area contributed by atoms with Crippen LogP contribution in [-0.2, 0) is 18.4 Å². The lowest BCUT2D eigenvalue weighted by atomic mass is 9.94. The lowest BCUT2D eigenvalue weighted by Gasteiger charge is -2.23. The van der Waals surface area contributed by atoms with E-state index in [1.54, 1.807) is 4.68 Å². The maximum Gasteiger partial charge on any atom is 0.321 e. The first-order valence-corrected chi connectivity index (χ1v) is 6.60. The highest BCUT2D eigenvalue weighted by atomic mass is 16.4. The molecule has 1 N–H and O–H groups in total. The third kappa shape index (κ3) is 1.92. The number of nitrogens with zero attached hydrogens (tertiary/aromatic N) is 3. The van der Waals surface area contributed by atoms with E-state index in [-0.39, 0.29) is 6.04 Å². The van der Waals surface area contributed by atoms with Gasteiger partial charge in [-0.2, -0.15) is 5.10 Å². The monoisotopic (exact) mass is 249 g/mol. The van der Waals surface area contributed by atoms with Crippen LogP contribution in [0.15, 0.2) is 12.3 Å². The van der Waals surface area contributed by atoms with E-state index in [4.69, 9.17) is 0 Å². The van der Waals surface area contributed by atoms with Crippen LogP contribution in [0.25, 0.3) is 0 Å². The summed E-state index contributed by atoms with van der Waals surface area (Å²) in [6, 6.07) is 1.66. The van der Waals surface area contributed by atoms with Crippen molar-refractivity contribution >= 4 is 5.97 Å². The fourth-order valence-corrected chi connectivity index (χ4v) is 3.65. The number of aliphatic carboxylic acids is 1. The van der Waals surface area contributed by atoms with Gasteiger partial charge in [-0.1, -0.05) is 6.42 Å². The molecular formula is C13H19N3O2. The Morgan fingerprint density at radius 3 is 3.06 bits per heavy atom. The minimum absolute atomic E-state index is 0.306. The van der Waals surface area contributed by atoms with E-state index in [0.717, 1.165) is 18.7 Å². The van der Waals surface area contributed by atoms with E-state index in [0.29, 0.717) is 18.4 Å². The minimum Gasteiger partial charge on any atom is -0.480 e. The first-order chi connectivity index (χ1) is 8.65. The number of fused-ring (bicyclic) bond motifs is 1. The van der Waals surface area contributed by atoms with Crippen LogP contribution in [0.5, 0.6) is 0 Å². The van der Waals surface area contributed by atoms with Gasteiger partial charge in [0.15, 0.2) is 0 Å². The molecule has 5 heteroatoms. The highest BCUT2D eigenvalue weighted by Gasteiger charge is 2.47. The molecule has 0 bridgehead atoms. The molecule has 1 saturated carbocycles. The summed E-state index contributed by atoms with van der Waals surface area (Å²) < 4.78 is 1.77. The van der Waals surface area contributed by atoms with Crippen LogP contribution < -0.4 is 0 Å². The number of hydrogen-bond acceptors (Lipinski definition) is 3. The number of carbonyl (C=O) groups is 1. The van der Waals surface area contributed by atoms with Gasteiger partial charge in [-0.05, 0) is 30.7 Å². The summed E-state index contributed by atoms with van der Waals surface area (Å²) >= 11 is 0. The molecule has 2 heterocycles. The second-order valence-corrected chi connectivity index (χ2v) is 5.55. The lowest BCUT2D eigenvalue weighted by molar-refractivity contribution is -0.143. The predicted octanol–water partition coefficient (Wildman–Crippen LogP) is 1.11. The van der Waals surface area contributed by atoms with Crippen LogP contribution in [-0.4, -0.2) is 38.3 Å². The Morgan fingerprint density at radius 1 is 1.56 bits per heavy atom. The molecule has 3 atom stereocenters. The zero-order valence-electron chi connectivity index (χ0n) is 10.6. The maximum atomic E-state index is 11.5. The summed E-state index contributed by atoms with van der Waals surface area (Å²) in [5, 5.41) is 13.8. The summed E-state index contributed by atoms with van der Waals surface area (Å²) in [7, 11) is 1.89. The second-order valence-electron chi connectivity index (χ2n) is 5.55. The maximum absolute atomic E-state index is 11.5. The fraction of sp³-hybridized carbons (Fsp3) is 0.692. The molecule has 1 saturated heterocycles. The van der Waals surface area contributed by atoms with Crippen molar-refractivity contribution in [2.24, 2.45) is 18.9 Å². The van der Waals surface area contributed by atoms with E-state index >= 15 is 0 Å². The summed E-state index contributed by atoms with van der Waals surface area (Å²) in [6.45, 7) is 1.57. The zero-order valence-corrected chi connectivity index (χ0v) is 10.6. The molecule has 5 nitrogen and oxygen atoms in total. The van der Waals surface area contributed by atoms with Gasteiger partial charge in [0.25, 0.3) is 0 Å². The van der Waals surface area contributed by atoms with Crippen molar-refractivity contribution in [1.29, 1.82) is 0 Å². The van der Waals surface area contributed by atoms with Crippen LogP contribution in [0.3, 0.4) is 0 Å². The van der Waals surface area contributed by atoms with Crippen LogP contribution >= 0.6 is 0 Å². The fourth-order valence-electron chi connectivity index (χ4n) is 3.65. The third-order valence-electron chi connectivity index (χ3n) is 4.37. The summed E-state index contributed by atoms with van der Waals surface area (Å²) in [4.78, 5) is 13.6. The van der Waals surface area contributed by atoms with E-state index in [1.165, 1.54) is 12.8 Å². The Bertz CT molecular complexity index is 457. The number of hydrogen-bond donors (Lipinski definition) is 1. The van der Waals surface area contributed by atoms with Crippen LogP contribution in [0.2, 0.25) is 0 Å². The van der Waals surface area contributed by atoms with Gasteiger partial charge < -0.3 is 5.11 Å². The lowest BCUT2D eigenvalue weighted by Crippen LogP contribution is -2.39. The molecule has 1 aliphatic carbocycles. The second kappa shape index (κ2) is 4.39. The van der Waals surface area contributed by atoms with E-state index in [9.17, 15) is 9.90 Å². The largest absolute Gasteiger partial charge is 0.480 e. The van der Waals surface area contributed by atoms with Crippen molar-refractivity contribution in [3.8, 4) is 0 Å². The first kappa shape index (κ1) is 11.7. The molecule has 1 aromatic heterocycles. The highest BCUT2D eigenvalue weighted by molar-refractivity contribution is 5.74. The minimum atomic E-state index is -0.666. The van der Waals surface area contributed by atoms with Gasteiger partial charge in [0, 0.05) is 26.3 Å². The van der Waals surface area contributed by atoms with E-state index in [1.807, 2.05) is 19.3 Å². The predicted molar refractivity (Wildman–Crippen MR) is 65.9 cm³/mol. The normalized spacial score (nSPS) is 31.7. The van der Waals surface area contributed by atoms with Crippen molar-refractivity contribution in [1.82, 2.24) is 14.7 Å². The van der Waals surface area contributed by atoms with Crippen LogP contribution in [0.1, 0.15) is 25.0 Å². The summed E-state index contributed by atoms with van der Waals surface area (Å²) in [6.07, 6.45) is 5.35. The third-order valence-corrected chi connectivity index (χ3v) is 4.37. The average molecular weight is 249 g/mol. The molecule has 0 aromatic carbocycles. The molecule has 2 aliphatic rings. The molecule has 0 radical (unpaired) electrons. The Kier molecular flexibility index (Phi) is 2.86. The zero-order chi connectivity index (χ0) is 12.7. The number of aryl methyl sites for hydroxylation is 1. The molecule has 18 heavy (non-hydrogen) atoms. The molecule has 2 fully saturated rings. The van der Waals surface area contributed by atoms with Gasteiger partial charge in [0.1, 0.15) is 6.04 Å². The number of rotatable bonds is 3. The van der Waals surface area contributed by atoms with Gasteiger partial charge in [0.2, 0.25) is 0 Å². The molecular weight excluding hydrogens is 230 g/mol. The van der Waals surface area contributed by atoms with Crippen LogP contribution in [0, 0.1) is 11.8 Å². The smallest absolute Gasteiger partial charge is 0.321 e. The SMILES string of the molecule is Cn1ccc(CN2CC3CCCC3C2C(=O)O)n1. The van der Waals surface area contributed by atoms with Gasteiger partial charge in [-0.25, -0.2) is 0 Å². The Labute approximate surface area is 106 Å². The molecule has 3 rings (SSSR count). The van der Waals surface area contributed by atoms with Crippen molar-refractivity contribution in [2.45, 2.75) is 31.8 Å². The number of carboxylic acids is 1. The Morgan fingerprint density at radius 2 is 2.39 bits per heavy atom. The Hall–Kier alpha value is -1.36. The number of carboxylic acid groups (broad SMARTS) is 1. The first-order valence-electron chi connectivity index (χ1n) is 6.60. The van der Waals surface area contributed by atoms with Gasteiger partial charge in [-0.3, -0.25) is 14.4 Å². The van der Waals surface area contributed by atoms with E-state index in [2.05, 4.69) is 10.00 Å². The number of likely N-dealkylation sites (tertiary alicyclic amines) is 1. The molecule has 1 aliphatic heterocycles. The molecule has 0 spiro atoms. The Balaban J connectivity index is 1.77. The quantitative estimate of drug-likeness (QED) is 0.871. The molecule has 98 valence electrons. The highest BCUT2D eigenvalue weighted by Crippen LogP contribution is 2.42. The van der Waals surface area contributed by atoms with Gasteiger partial charge in [-0.15, -0.1) is 0 Å². The van der Waals surface area contributed by atoms with Crippen molar-refractivity contribution in [3.05, 3.63) is 18.0 Å². The van der Waals surface area contributed by atoms with Crippen molar-refractivity contribution in [3.63, 3.8) is 0 Å². The van der Waals surface area contributed by atoms with E-state index < -0.39 is 5.97 Å². The summed E-state index contributed by atoms with van der Waals surface area (Å²) in [5.41, 5.74) is 0.962. The molecule has 0 amide bonds. The summed E-state index contributed by atoms with van der Waals surface area (Å²) in [5.74, 6) is 0.265. The standard InChI is InChI=1S/C13H19N3O2/c1-15-6-5-10(14-15)8-16-7-9-3-2-4-11(9)12(16)13(17)18/h5-6,9,11-12H,2-4,7-8H2,1H3,(H,17,18). The van der Waals surface area contributed by atoms with Gasteiger partial charge >= 0.3 is 5.97 Å². The molecule has 1 aromatic rings. The number of aromatic nitrogens is 2. The van der Waals surface area contributed by atoms with Crippen molar-refractivity contribution < 1.29 is 9.90 Å². The van der Waals surface area contributed by atoms with Crippen LogP contribution in [0.4, 0.5) is 0 Å². The topological polar surface area (TPSA) is 58.4 Å². The van der Waals surface area contributed by atoms with Gasteiger partial charge in [0.05, 0.1) is 5.69 Å².